The Morgan fingerprint density at radius 1 is 1.12 bits per heavy atom. The van der Waals surface area contributed by atoms with Gasteiger partial charge in [0.25, 0.3) is 0 Å². The number of esters is 2. The standard InChI is InChI=1S/C20H24O6/c1-20-10-9-14(19(23)25-3)13(18(22)24-2)8-7-12(20)11-15-16(21)5-4-6-17(15)26-20/h8-9,12H,4-7,10-11H2,1-3H3/b13-8+,14-9+/t12-,20-/m0/s1. The Bertz CT molecular complexity index is 741. The molecule has 140 valence electrons. The van der Waals surface area contributed by atoms with Crippen LogP contribution in [0.2, 0.25) is 0 Å². The van der Waals surface area contributed by atoms with E-state index in [1.165, 1.54) is 14.2 Å². The molecule has 0 amide bonds. The van der Waals surface area contributed by atoms with Gasteiger partial charge in [0.1, 0.15) is 11.4 Å². The normalized spacial score (nSPS) is 32.4. The maximum atomic E-state index is 12.3. The van der Waals surface area contributed by atoms with E-state index in [0.29, 0.717) is 25.7 Å². The molecule has 0 unspecified atom stereocenters. The molecule has 0 aromatic rings. The molecule has 2 aliphatic carbocycles. The van der Waals surface area contributed by atoms with Crippen LogP contribution >= 0.6 is 0 Å². The van der Waals surface area contributed by atoms with Gasteiger partial charge in [-0.15, -0.1) is 0 Å². The second kappa shape index (κ2) is 7.09. The van der Waals surface area contributed by atoms with Gasteiger partial charge in [-0.3, -0.25) is 4.79 Å². The second-order valence-electron chi connectivity index (χ2n) is 7.15. The first-order valence-corrected chi connectivity index (χ1v) is 8.91. The minimum absolute atomic E-state index is 0.0402. The Morgan fingerprint density at radius 2 is 1.77 bits per heavy atom. The molecule has 0 saturated heterocycles. The summed E-state index contributed by atoms with van der Waals surface area (Å²) in [5.41, 5.74) is 0.663. The van der Waals surface area contributed by atoms with Crippen molar-refractivity contribution in [2.75, 3.05) is 14.2 Å². The summed E-state index contributed by atoms with van der Waals surface area (Å²) in [6, 6.07) is 0. The number of hydrogen-bond donors (Lipinski definition) is 0. The summed E-state index contributed by atoms with van der Waals surface area (Å²) in [6.45, 7) is 2.00. The third-order valence-electron chi connectivity index (χ3n) is 5.57. The molecular weight excluding hydrogens is 336 g/mol. The summed E-state index contributed by atoms with van der Waals surface area (Å²) < 4.78 is 15.9. The maximum absolute atomic E-state index is 12.3. The number of carbonyl (C=O) groups is 3. The fraction of sp³-hybridized carbons (Fsp3) is 0.550. The minimum Gasteiger partial charge on any atom is -0.491 e. The van der Waals surface area contributed by atoms with Crippen LogP contribution in [0.25, 0.3) is 0 Å². The van der Waals surface area contributed by atoms with Gasteiger partial charge in [-0.25, -0.2) is 9.59 Å². The number of hydrogen-bond acceptors (Lipinski definition) is 6. The van der Waals surface area contributed by atoms with E-state index in [2.05, 4.69) is 0 Å². The molecule has 6 nitrogen and oxygen atoms in total. The average Bonchev–Trinajstić information content (AvgIpc) is 2.62. The Balaban J connectivity index is 1.99. The molecule has 0 N–H and O–H groups in total. The molecule has 6 heteroatoms. The lowest BCUT2D eigenvalue weighted by Gasteiger charge is -2.44. The average molecular weight is 360 g/mol. The highest BCUT2D eigenvalue weighted by Gasteiger charge is 2.44. The second-order valence-corrected chi connectivity index (χ2v) is 7.15. The number of ether oxygens (including phenoxy) is 3. The maximum Gasteiger partial charge on any atom is 0.338 e. The summed E-state index contributed by atoms with van der Waals surface area (Å²) in [4.78, 5) is 36.6. The van der Waals surface area contributed by atoms with E-state index in [1.54, 1.807) is 12.2 Å². The number of allylic oxidation sites excluding steroid dienone is 3. The lowest BCUT2D eigenvalue weighted by Crippen LogP contribution is -2.43. The first kappa shape index (κ1) is 18.4. The molecule has 0 radical (unpaired) electrons. The number of Topliss-reactive ketones (excluding diaryl/α,β-unsaturated/α-hetero) is 1. The van der Waals surface area contributed by atoms with Gasteiger partial charge in [0, 0.05) is 30.8 Å². The summed E-state index contributed by atoms with van der Waals surface area (Å²) in [5.74, 6) is -0.148. The molecule has 0 fully saturated rings. The predicted octanol–water partition coefficient (Wildman–Crippen LogP) is 2.78. The Labute approximate surface area is 152 Å². The molecule has 1 heterocycles. The van der Waals surface area contributed by atoms with Crippen LogP contribution in [-0.4, -0.2) is 37.5 Å². The Hall–Kier alpha value is -2.37. The summed E-state index contributed by atoms with van der Waals surface area (Å²) >= 11 is 0. The zero-order valence-electron chi connectivity index (χ0n) is 15.4. The summed E-state index contributed by atoms with van der Waals surface area (Å²) in [6.07, 6.45) is 7.16. The van der Waals surface area contributed by atoms with Gasteiger partial charge in [0.05, 0.1) is 25.4 Å². The molecule has 0 aromatic heterocycles. The van der Waals surface area contributed by atoms with E-state index >= 15 is 0 Å². The topological polar surface area (TPSA) is 78.9 Å². The first-order valence-electron chi connectivity index (χ1n) is 8.91. The van der Waals surface area contributed by atoms with Crippen LogP contribution in [0.1, 0.15) is 45.4 Å². The van der Waals surface area contributed by atoms with Crippen molar-refractivity contribution in [1.29, 1.82) is 0 Å². The lowest BCUT2D eigenvalue weighted by atomic mass is 9.73. The number of carbonyl (C=O) groups excluding carboxylic acids is 3. The highest BCUT2D eigenvalue weighted by molar-refractivity contribution is 6.07. The van der Waals surface area contributed by atoms with Crippen LogP contribution < -0.4 is 0 Å². The summed E-state index contributed by atoms with van der Waals surface area (Å²) in [5, 5.41) is 0. The van der Waals surface area contributed by atoms with Crippen molar-refractivity contribution < 1.29 is 28.6 Å². The molecule has 0 saturated carbocycles. The molecule has 0 aromatic carbocycles. The predicted molar refractivity (Wildman–Crippen MR) is 92.9 cm³/mol. The van der Waals surface area contributed by atoms with Crippen molar-refractivity contribution in [3.8, 4) is 0 Å². The molecule has 3 rings (SSSR count). The largest absolute Gasteiger partial charge is 0.491 e. The number of fused-ring (bicyclic) bond motifs is 1. The summed E-state index contributed by atoms with van der Waals surface area (Å²) in [7, 11) is 2.56. The molecule has 0 spiro atoms. The van der Waals surface area contributed by atoms with Crippen LogP contribution in [0, 0.1) is 5.92 Å². The molecule has 26 heavy (non-hydrogen) atoms. The molecule has 1 aliphatic heterocycles. The Morgan fingerprint density at radius 3 is 2.42 bits per heavy atom. The van der Waals surface area contributed by atoms with Crippen molar-refractivity contribution in [2.45, 2.75) is 51.0 Å². The zero-order chi connectivity index (χ0) is 18.9. The van der Waals surface area contributed by atoms with Gasteiger partial charge in [-0.2, -0.15) is 0 Å². The van der Waals surface area contributed by atoms with Crippen LogP contribution in [-0.2, 0) is 28.6 Å². The van der Waals surface area contributed by atoms with Gasteiger partial charge in [0.2, 0.25) is 0 Å². The fourth-order valence-corrected chi connectivity index (χ4v) is 3.97. The highest BCUT2D eigenvalue weighted by atomic mass is 16.5. The van der Waals surface area contributed by atoms with Gasteiger partial charge in [-0.05, 0) is 26.2 Å². The first-order chi connectivity index (χ1) is 12.4. The molecule has 0 bridgehead atoms. The van der Waals surface area contributed by atoms with E-state index in [9.17, 15) is 14.4 Å². The van der Waals surface area contributed by atoms with Crippen LogP contribution in [0.4, 0.5) is 0 Å². The van der Waals surface area contributed by atoms with Gasteiger partial charge in [-0.1, -0.05) is 12.2 Å². The van der Waals surface area contributed by atoms with Gasteiger partial charge in [0.15, 0.2) is 5.78 Å². The van der Waals surface area contributed by atoms with Crippen LogP contribution in [0.5, 0.6) is 0 Å². The lowest BCUT2D eigenvalue weighted by molar-refractivity contribution is -0.139. The van der Waals surface area contributed by atoms with Crippen molar-refractivity contribution >= 4 is 17.7 Å². The molecular formula is C20H24O6. The smallest absolute Gasteiger partial charge is 0.338 e. The molecule has 2 atom stereocenters. The fourth-order valence-electron chi connectivity index (χ4n) is 3.97. The van der Waals surface area contributed by atoms with E-state index < -0.39 is 17.5 Å². The number of rotatable bonds is 2. The van der Waals surface area contributed by atoms with Gasteiger partial charge < -0.3 is 14.2 Å². The zero-order valence-corrected chi connectivity index (χ0v) is 15.4. The highest BCUT2D eigenvalue weighted by Crippen LogP contribution is 2.45. The van der Waals surface area contributed by atoms with E-state index in [0.717, 1.165) is 24.2 Å². The third-order valence-corrected chi connectivity index (χ3v) is 5.57. The van der Waals surface area contributed by atoms with Crippen LogP contribution in [0.15, 0.2) is 34.6 Å². The van der Waals surface area contributed by atoms with E-state index in [4.69, 9.17) is 14.2 Å². The van der Waals surface area contributed by atoms with Crippen molar-refractivity contribution in [3.63, 3.8) is 0 Å². The Kier molecular flexibility index (Phi) is 5.03. The quantitative estimate of drug-likeness (QED) is 0.705. The van der Waals surface area contributed by atoms with E-state index in [-0.39, 0.29) is 22.8 Å². The molecule has 3 aliphatic rings. The van der Waals surface area contributed by atoms with Crippen molar-refractivity contribution in [2.24, 2.45) is 5.92 Å². The number of methoxy groups -OCH3 is 2. The van der Waals surface area contributed by atoms with E-state index in [1.807, 2.05) is 6.92 Å². The van der Waals surface area contributed by atoms with Gasteiger partial charge >= 0.3 is 11.9 Å². The van der Waals surface area contributed by atoms with Crippen molar-refractivity contribution in [1.82, 2.24) is 0 Å². The third kappa shape index (κ3) is 3.20. The monoisotopic (exact) mass is 360 g/mol. The SMILES string of the molecule is COC(=O)C1=C/C[C@H]2CC3=C(CCCC3=O)O[C@@]2(C)C/C=C\1C(=O)OC. The number of ketones is 1. The van der Waals surface area contributed by atoms with Crippen LogP contribution in [0.3, 0.4) is 0 Å². The minimum atomic E-state index is -0.577. The van der Waals surface area contributed by atoms with Crippen molar-refractivity contribution in [3.05, 3.63) is 34.6 Å².